The van der Waals surface area contributed by atoms with Crippen molar-refractivity contribution in [1.82, 2.24) is 15.6 Å². The quantitative estimate of drug-likeness (QED) is 0.692. The Balaban J connectivity index is 0.00000225. The summed E-state index contributed by atoms with van der Waals surface area (Å²) in [5, 5.41) is 6.35. The minimum atomic E-state index is -0.0839. The van der Waals surface area contributed by atoms with Crippen molar-refractivity contribution < 1.29 is 9.59 Å². The van der Waals surface area contributed by atoms with Crippen LogP contribution in [-0.4, -0.2) is 36.3 Å². The SMILES string of the molecule is Cl.O=C(NCCC1CCCNC1)c1ccc(C(=O)c2cc[nH]c2)cc1. The summed E-state index contributed by atoms with van der Waals surface area (Å²) in [7, 11) is 0. The van der Waals surface area contributed by atoms with Crippen molar-refractivity contribution in [3.63, 3.8) is 0 Å². The number of amides is 1. The summed E-state index contributed by atoms with van der Waals surface area (Å²) in [5.74, 6) is 0.521. The van der Waals surface area contributed by atoms with Gasteiger partial charge < -0.3 is 15.6 Å². The van der Waals surface area contributed by atoms with Crippen molar-refractivity contribution in [3.8, 4) is 0 Å². The third-order valence-corrected chi connectivity index (χ3v) is 4.51. The van der Waals surface area contributed by atoms with Crippen LogP contribution >= 0.6 is 12.4 Å². The van der Waals surface area contributed by atoms with Gasteiger partial charge in [-0.15, -0.1) is 12.4 Å². The molecule has 1 aromatic carbocycles. The summed E-state index contributed by atoms with van der Waals surface area (Å²) in [4.78, 5) is 27.3. The van der Waals surface area contributed by atoms with E-state index < -0.39 is 0 Å². The lowest BCUT2D eigenvalue weighted by atomic mass is 9.96. The topological polar surface area (TPSA) is 74.0 Å². The number of aromatic nitrogens is 1. The number of halogens is 1. The number of rotatable bonds is 6. The molecule has 25 heavy (non-hydrogen) atoms. The highest BCUT2D eigenvalue weighted by molar-refractivity contribution is 6.09. The molecule has 0 bridgehead atoms. The van der Waals surface area contributed by atoms with Crippen LogP contribution in [0.25, 0.3) is 0 Å². The first-order valence-corrected chi connectivity index (χ1v) is 8.50. The van der Waals surface area contributed by atoms with Crippen molar-refractivity contribution in [2.45, 2.75) is 19.3 Å². The van der Waals surface area contributed by atoms with Crippen molar-refractivity contribution >= 4 is 24.1 Å². The van der Waals surface area contributed by atoms with Crippen LogP contribution in [0.1, 0.15) is 45.5 Å². The molecule has 1 aliphatic rings. The average molecular weight is 362 g/mol. The van der Waals surface area contributed by atoms with Crippen LogP contribution < -0.4 is 10.6 Å². The molecule has 1 unspecified atom stereocenters. The van der Waals surface area contributed by atoms with E-state index in [1.165, 1.54) is 12.8 Å². The van der Waals surface area contributed by atoms with E-state index >= 15 is 0 Å². The van der Waals surface area contributed by atoms with Gasteiger partial charge in [-0.2, -0.15) is 0 Å². The standard InChI is InChI=1S/C19H23N3O2.ClH/c23-18(17-8-10-21-13-17)15-3-5-16(6-4-15)19(24)22-11-7-14-2-1-9-20-12-14;/h3-6,8,10,13-14,20-21H,1-2,7,9,11-12H2,(H,22,24);1H. The highest BCUT2D eigenvalue weighted by Gasteiger charge is 2.14. The second-order valence-electron chi connectivity index (χ2n) is 6.26. The Hall–Kier alpha value is -2.11. The molecule has 6 heteroatoms. The highest BCUT2D eigenvalue weighted by Crippen LogP contribution is 2.13. The molecule has 1 aromatic heterocycles. The molecule has 1 fully saturated rings. The summed E-state index contributed by atoms with van der Waals surface area (Å²) in [6.07, 6.45) is 6.84. The van der Waals surface area contributed by atoms with Crippen LogP contribution in [0, 0.1) is 5.92 Å². The number of aromatic amines is 1. The Morgan fingerprint density at radius 2 is 1.84 bits per heavy atom. The molecular formula is C19H24ClN3O2. The number of benzene rings is 1. The molecule has 134 valence electrons. The first-order chi connectivity index (χ1) is 11.7. The van der Waals surface area contributed by atoms with Gasteiger partial charge in [0.1, 0.15) is 0 Å². The van der Waals surface area contributed by atoms with Crippen LogP contribution in [0.4, 0.5) is 0 Å². The molecule has 0 saturated carbocycles. The van der Waals surface area contributed by atoms with E-state index in [1.807, 2.05) is 0 Å². The average Bonchev–Trinajstić information content (AvgIpc) is 3.17. The molecule has 1 amide bonds. The fourth-order valence-corrected chi connectivity index (χ4v) is 3.07. The van der Waals surface area contributed by atoms with Gasteiger partial charge in [-0.3, -0.25) is 9.59 Å². The lowest BCUT2D eigenvalue weighted by Crippen LogP contribution is -2.33. The molecule has 2 aromatic rings. The summed E-state index contributed by atoms with van der Waals surface area (Å²) in [5.41, 5.74) is 1.79. The number of piperidine rings is 1. The molecule has 1 atom stereocenters. The molecule has 5 nitrogen and oxygen atoms in total. The monoisotopic (exact) mass is 361 g/mol. The Labute approximate surface area is 154 Å². The smallest absolute Gasteiger partial charge is 0.251 e. The summed E-state index contributed by atoms with van der Waals surface area (Å²) >= 11 is 0. The zero-order valence-corrected chi connectivity index (χ0v) is 14.9. The summed E-state index contributed by atoms with van der Waals surface area (Å²) in [6.45, 7) is 2.84. The molecule has 2 heterocycles. The van der Waals surface area contributed by atoms with Gasteiger partial charge in [-0.25, -0.2) is 0 Å². The summed E-state index contributed by atoms with van der Waals surface area (Å²) < 4.78 is 0. The van der Waals surface area contributed by atoms with E-state index in [2.05, 4.69) is 15.6 Å². The van der Waals surface area contributed by atoms with Crippen molar-refractivity contribution in [1.29, 1.82) is 0 Å². The first-order valence-electron chi connectivity index (χ1n) is 8.50. The van der Waals surface area contributed by atoms with Crippen LogP contribution in [0.5, 0.6) is 0 Å². The fourth-order valence-electron chi connectivity index (χ4n) is 3.07. The normalized spacial score (nSPS) is 16.7. The maximum atomic E-state index is 12.2. The van der Waals surface area contributed by atoms with Gasteiger partial charge in [0, 0.05) is 35.6 Å². The van der Waals surface area contributed by atoms with Gasteiger partial charge in [0.25, 0.3) is 5.91 Å². The first kappa shape index (κ1) is 19.2. The van der Waals surface area contributed by atoms with E-state index in [4.69, 9.17) is 0 Å². The van der Waals surface area contributed by atoms with E-state index in [-0.39, 0.29) is 24.1 Å². The number of hydrogen-bond acceptors (Lipinski definition) is 3. The molecule has 1 saturated heterocycles. The van der Waals surface area contributed by atoms with E-state index in [1.54, 1.807) is 42.7 Å². The minimum Gasteiger partial charge on any atom is -0.367 e. The number of carbonyl (C=O) groups excluding carboxylic acids is 2. The van der Waals surface area contributed by atoms with E-state index in [0.717, 1.165) is 19.5 Å². The predicted octanol–water partition coefficient (Wildman–Crippen LogP) is 2.79. The van der Waals surface area contributed by atoms with Gasteiger partial charge in [-0.1, -0.05) is 12.1 Å². The Kier molecular flexibility index (Phi) is 7.22. The lowest BCUT2D eigenvalue weighted by Gasteiger charge is -2.22. The largest absolute Gasteiger partial charge is 0.367 e. The van der Waals surface area contributed by atoms with Crippen molar-refractivity contribution in [2.24, 2.45) is 5.92 Å². The second-order valence-corrected chi connectivity index (χ2v) is 6.26. The Morgan fingerprint density at radius 3 is 2.48 bits per heavy atom. The van der Waals surface area contributed by atoms with Gasteiger partial charge in [0.15, 0.2) is 5.78 Å². The minimum absolute atomic E-state index is 0. The second kappa shape index (κ2) is 9.39. The van der Waals surface area contributed by atoms with Crippen molar-refractivity contribution in [3.05, 3.63) is 59.4 Å². The number of hydrogen-bond donors (Lipinski definition) is 3. The number of carbonyl (C=O) groups is 2. The summed E-state index contributed by atoms with van der Waals surface area (Å²) in [6, 6.07) is 8.56. The third-order valence-electron chi connectivity index (χ3n) is 4.51. The van der Waals surface area contributed by atoms with Gasteiger partial charge in [-0.05, 0) is 56.5 Å². The van der Waals surface area contributed by atoms with Crippen molar-refractivity contribution in [2.75, 3.05) is 19.6 Å². The van der Waals surface area contributed by atoms with E-state index in [9.17, 15) is 9.59 Å². The molecule has 0 aliphatic carbocycles. The lowest BCUT2D eigenvalue weighted by molar-refractivity contribution is 0.0949. The van der Waals surface area contributed by atoms with Gasteiger partial charge >= 0.3 is 0 Å². The van der Waals surface area contributed by atoms with Crippen LogP contribution in [0.3, 0.4) is 0 Å². The zero-order chi connectivity index (χ0) is 16.8. The predicted molar refractivity (Wildman–Crippen MR) is 100 cm³/mol. The van der Waals surface area contributed by atoms with Crippen LogP contribution in [-0.2, 0) is 0 Å². The zero-order valence-electron chi connectivity index (χ0n) is 14.1. The highest BCUT2D eigenvalue weighted by atomic mass is 35.5. The number of nitrogens with one attached hydrogen (secondary N) is 3. The fraction of sp³-hybridized carbons (Fsp3) is 0.368. The molecule has 0 spiro atoms. The maximum Gasteiger partial charge on any atom is 0.251 e. The van der Waals surface area contributed by atoms with Gasteiger partial charge in [0.05, 0.1) is 0 Å². The third kappa shape index (κ3) is 5.18. The Bertz CT molecular complexity index is 677. The number of ketones is 1. The van der Waals surface area contributed by atoms with Gasteiger partial charge in [0.2, 0.25) is 0 Å². The molecule has 1 aliphatic heterocycles. The molecule has 3 N–H and O–H groups in total. The molecular weight excluding hydrogens is 338 g/mol. The number of H-pyrrole nitrogens is 1. The Morgan fingerprint density at radius 1 is 1.08 bits per heavy atom. The van der Waals surface area contributed by atoms with Crippen LogP contribution in [0.2, 0.25) is 0 Å². The van der Waals surface area contributed by atoms with Crippen LogP contribution in [0.15, 0.2) is 42.7 Å². The molecule has 3 rings (SSSR count). The molecule has 0 radical (unpaired) electrons. The van der Waals surface area contributed by atoms with E-state index in [0.29, 0.717) is 29.2 Å². The maximum absolute atomic E-state index is 12.2.